The third-order valence-corrected chi connectivity index (χ3v) is 4.97. The highest BCUT2D eigenvalue weighted by atomic mass is 16.5. The lowest BCUT2D eigenvalue weighted by Gasteiger charge is -2.43. The number of aryl methyl sites for hydroxylation is 2. The van der Waals surface area contributed by atoms with E-state index in [0.29, 0.717) is 18.3 Å². The van der Waals surface area contributed by atoms with Crippen LogP contribution < -0.4 is 5.32 Å². The molecule has 0 radical (unpaired) electrons. The summed E-state index contributed by atoms with van der Waals surface area (Å²) in [6, 6.07) is 4.30. The van der Waals surface area contributed by atoms with Crippen molar-refractivity contribution in [1.29, 1.82) is 0 Å². The third kappa shape index (κ3) is 3.82. The minimum absolute atomic E-state index is 0.00689. The van der Waals surface area contributed by atoms with Crippen LogP contribution in [0.25, 0.3) is 0 Å². The normalized spacial score (nSPS) is 21.4. The molecule has 3 rings (SSSR count). The molecule has 2 N–H and O–H groups in total. The number of hydrogen-bond donors (Lipinski definition) is 2. The maximum Gasteiger partial charge on any atom is 0.317 e. The van der Waals surface area contributed by atoms with E-state index in [0.717, 1.165) is 62.5 Å². The Labute approximate surface area is 143 Å². The first-order chi connectivity index (χ1) is 11.5. The summed E-state index contributed by atoms with van der Waals surface area (Å²) in [5.41, 5.74) is 2.89. The molecule has 2 fully saturated rings. The van der Waals surface area contributed by atoms with Gasteiger partial charge in [0.05, 0.1) is 19.3 Å². The number of urea groups is 1. The molecule has 0 saturated carbocycles. The van der Waals surface area contributed by atoms with Crippen molar-refractivity contribution in [3.8, 4) is 5.75 Å². The number of fused-ring (bicyclic) bond motifs is 1. The number of phenolic OH excluding ortho intramolecular Hbond substituents is 1. The second-order valence-corrected chi connectivity index (χ2v) is 6.77. The molecule has 0 aliphatic carbocycles. The average Bonchev–Trinajstić information content (AvgIpc) is 2.59. The maximum absolute atomic E-state index is 12.4. The topological polar surface area (TPSA) is 65.0 Å². The summed E-state index contributed by atoms with van der Waals surface area (Å²) in [5.74, 6) is 0.357. The molecule has 0 aromatic heterocycles. The number of hydrogen-bond acceptors (Lipinski definition) is 4. The predicted molar refractivity (Wildman–Crippen MR) is 92.4 cm³/mol. The van der Waals surface area contributed by atoms with Gasteiger partial charge in [0, 0.05) is 32.7 Å². The zero-order chi connectivity index (χ0) is 17.1. The van der Waals surface area contributed by atoms with Crippen molar-refractivity contribution < 1.29 is 14.6 Å². The monoisotopic (exact) mass is 333 g/mol. The number of aromatic hydroxyl groups is 1. The molecule has 0 unspecified atom stereocenters. The number of rotatable bonds is 3. The second kappa shape index (κ2) is 7.40. The Morgan fingerprint density at radius 1 is 1.29 bits per heavy atom. The highest BCUT2D eigenvalue weighted by molar-refractivity contribution is 5.74. The van der Waals surface area contributed by atoms with Crippen LogP contribution in [-0.2, 0) is 11.2 Å². The van der Waals surface area contributed by atoms with Gasteiger partial charge < -0.3 is 20.1 Å². The molecule has 0 spiro atoms. The van der Waals surface area contributed by atoms with Gasteiger partial charge in [0.15, 0.2) is 0 Å². The standard InChI is InChI=1S/C18H27N3O3/c1-13-9-15(10-14(2)17(13)22)3-4-19-18(23)21-6-5-20-7-8-24-12-16(20)11-21/h9-10,16,22H,3-8,11-12H2,1-2H3,(H,19,23)/t16-/m0/s1. The van der Waals surface area contributed by atoms with Crippen LogP contribution in [0.5, 0.6) is 5.75 Å². The molecule has 2 aliphatic rings. The second-order valence-electron chi connectivity index (χ2n) is 6.77. The highest BCUT2D eigenvalue weighted by Crippen LogP contribution is 2.23. The molecule has 2 heterocycles. The maximum atomic E-state index is 12.4. The average molecular weight is 333 g/mol. The van der Waals surface area contributed by atoms with Crippen molar-refractivity contribution in [2.75, 3.05) is 45.9 Å². The molecule has 6 nitrogen and oxygen atoms in total. The molecule has 24 heavy (non-hydrogen) atoms. The fourth-order valence-electron chi connectivity index (χ4n) is 3.55. The van der Waals surface area contributed by atoms with Crippen LogP contribution in [0.3, 0.4) is 0 Å². The fraction of sp³-hybridized carbons (Fsp3) is 0.611. The summed E-state index contributed by atoms with van der Waals surface area (Å²) in [7, 11) is 0. The largest absolute Gasteiger partial charge is 0.507 e. The third-order valence-electron chi connectivity index (χ3n) is 4.97. The van der Waals surface area contributed by atoms with Crippen LogP contribution in [0.4, 0.5) is 4.79 Å². The van der Waals surface area contributed by atoms with Gasteiger partial charge in [0.2, 0.25) is 0 Å². The Morgan fingerprint density at radius 3 is 2.79 bits per heavy atom. The van der Waals surface area contributed by atoms with Crippen LogP contribution >= 0.6 is 0 Å². The van der Waals surface area contributed by atoms with Crippen LogP contribution in [0.15, 0.2) is 12.1 Å². The zero-order valence-electron chi connectivity index (χ0n) is 14.5. The van der Waals surface area contributed by atoms with E-state index >= 15 is 0 Å². The number of nitrogens with one attached hydrogen (secondary N) is 1. The number of morpholine rings is 1. The first-order valence-electron chi connectivity index (χ1n) is 8.68. The van der Waals surface area contributed by atoms with Crippen molar-refractivity contribution in [1.82, 2.24) is 15.1 Å². The Morgan fingerprint density at radius 2 is 2.04 bits per heavy atom. The first kappa shape index (κ1) is 17.0. The summed E-state index contributed by atoms with van der Waals surface area (Å²) in [6.07, 6.45) is 0.764. The SMILES string of the molecule is Cc1cc(CCNC(=O)N2CCN3CCOC[C@@H]3C2)cc(C)c1O. The number of ether oxygens (including phenoxy) is 1. The molecular formula is C18H27N3O3. The predicted octanol–water partition coefficient (Wildman–Crippen LogP) is 1.28. The molecule has 1 aromatic carbocycles. The van der Waals surface area contributed by atoms with Crippen LogP contribution in [0.1, 0.15) is 16.7 Å². The van der Waals surface area contributed by atoms with Gasteiger partial charge in [-0.1, -0.05) is 12.1 Å². The molecule has 6 heteroatoms. The van der Waals surface area contributed by atoms with Crippen molar-refractivity contribution in [3.63, 3.8) is 0 Å². The van der Waals surface area contributed by atoms with Gasteiger partial charge >= 0.3 is 6.03 Å². The number of nitrogens with zero attached hydrogens (tertiary/aromatic N) is 2. The molecule has 2 amide bonds. The van der Waals surface area contributed by atoms with Gasteiger partial charge in [-0.2, -0.15) is 0 Å². The van der Waals surface area contributed by atoms with Crippen LogP contribution in [0.2, 0.25) is 0 Å². The Balaban J connectivity index is 1.47. The summed E-state index contributed by atoms with van der Waals surface area (Å²) < 4.78 is 5.52. The van der Waals surface area contributed by atoms with E-state index in [9.17, 15) is 9.90 Å². The minimum atomic E-state index is 0.00689. The van der Waals surface area contributed by atoms with Gasteiger partial charge in [-0.25, -0.2) is 4.79 Å². The van der Waals surface area contributed by atoms with Crippen molar-refractivity contribution in [2.24, 2.45) is 0 Å². The van der Waals surface area contributed by atoms with Gasteiger partial charge in [-0.3, -0.25) is 4.90 Å². The summed E-state index contributed by atoms with van der Waals surface area (Å²) in [6.45, 7) is 9.33. The van der Waals surface area contributed by atoms with E-state index in [2.05, 4.69) is 10.2 Å². The van der Waals surface area contributed by atoms with Gasteiger partial charge in [0.1, 0.15) is 5.75 Å². The molecule has 1 atom stereocenters. The van der Waals surface area contributed by atoms with E-state index in [1.165, 1.54) is 0 Å². The number of piperazine rings is 1. The lowest BCUT2D eigenvalue weighted by molar-refractivity contribution is -0.0364. The van der Waals surface area contributed by atoms with E-state index in [-0.39, 0.29) is 6.03 Å². The van der Waals surface area contributed by atoms with E-state index in [1.807, 2.05) is 30.9 Å². The number of benzene rings is 1. The van der Waals surface area contributed by atoms with Crippen molar-refractivity contribution in [3.05, 3.63) is 28.8 Å². The van der Waals surface area contributed by atoms with Gasteiger partial charge in [-0.05, 0) is 37.0 Å². The lowest BCUT2D eigenvalue weighted by atomic mass is 10.0. The van der Waals surface area contributed by atoms with Gasteiger partial charge in [-0.15, -0.1) is 0 Å². The van der Waals surface area contributed by atoms with Gasteiger partial charge in [0.25, 0.3) is 0 Å². The molecule has 132 valence electrons. The number of amides is 2. The Hall–Kier alpha value is -1.79. The van der Waals surface area contributed by atoms with E-state index in [4.69, 9.17) is 4.74 Å². The van der Waals surface area contributed by atoms with E-state index < -0.39 is 0 Å². The fourth-order valence-corrected chi connectivity index (χ4v) is 3.55. The van der Waals surface area contributed by atoms with E-state index in [1.54, 1.807) is 0 Å². The summed E-state index contributed by atoms with van der Waals surface area (Å²) in [4.78, 5) is 16.7. The summed E-state index contributed by atoms with van der Waals surface area (Å²) >= 11 is 0. The smallest absolute Gasteiger partial charge is 0.317 e. The molecule has 2 saturated heterocycles. The van der Waals surface area contributed by atoms with Crippen molar-refractivity contribution in [2.45, 2.75) is 26.3 Å². The summed E-state index contributed by atoms with van der Waals surface area (Å²) in [5, 5.41) is 12.8. The van der Waals surface area contributed by atoms with Crippen molar-refractivity contribution >= 4 is 6.03 Å². The zero-order valence-corrected chi connectivity index (χ0v) is 14.5. The molecule has 2 aliphatic heterocycles. The molecule has 1 aromatic rings. The minimum Gasteiger partial charge on any atom is -0.507 e. The number of carbonyl (C=O) groups is 1. The molecule has 0 bridgehead atoms. The van der Waals surface area contributed by atoms with Crippen LogP contribution in [-0.4, -0.2) is 72.9 Å². The Kier molecular flexibility index (Phi) is 5.26. The van der Waals surface area contributed by atoms with Crippen LogP contribution in [0, 0.1) is 13.8 Å². The number of phenols is 1. The first-order valence-corrected chi connectivity index (χ1v) is 8.68. The number of carbonyl (C=O) groups excluding carboxylic acids is 1. The molecular weight excluding hydrogens is 306 g/mol. The quantitative estimate of drug-likeness (QED) is 0.874. The Bertz CT molecular complexity index is 582. The lowest BCUT2D eigenvalue weighted by Crippen LogP contribution is -2.60. The highest BCUT2D eigenvalue weighted by Gasteiger charge is 2.31.